The molecule has 1 heterocycles. The Labute approximate surface area is 125 Å². The molecule has 0 saturated heterocycles. The van der Waals surface area contributed by atoms with Crippen molar-refractivity contribution in [3.8, 4) is 0 Å². The molecule has 1 atom stereocenters. The molecular formula is C16H23N3O2. The second kappa shape index (κ2) is 7.33. The molecule has 0 aliphatic rings. The summed E-state index contributed by atoms with van der Waals surface area (Å²) in [6.45, 7) is 4.81. The molecule has 1 aromatic carbocycles. The van der Waals surface area contributed by atoms with Crippen LogP contribution >= 0.6 is 0 Å². The SMILES string of the molecule is CNC(COC)Cc1nc(Cc2cc(C)cc(C)c2)no1. The van der Waals surface area contributed by atoms with E-state index in [4.69, 9.17) is 9.26 Å². The first-order valence-corrected chi connectivity index (χ1v) is 7.15. The Morgan fingerprint density at radius 3 is 2.57 bits per heavy atom. The first-order chi connectivity index (χ1) is 10.1. The van der Waals surface area contributed by atoms with Gasteiger partial charge in [0.25, 0.3) is 0 Å². The lowest BCUT2D eigenvalue weighted by Crippen LogP contribution is -2.32. The third kappa shape index (κ3) is 4.65. The number of hydrogen-bond donors (Lipinski definition) is 1. The molecule has 1 unspecified atom stereocenters. The first kappa shape index (κ1) is 15.7. The summed E-state index contributed by atoms with van der Waals surface area (Å²) in [6, 6.07) is 6.66. The molecule has 5 heteroatoms. The van der Waals surface area contributed by atoms with Crippen molar-refractivity contribution in [3.63, 3.8) is 0 Å². The maximum atomic E-state index is 5.32. The van der Waals surface area contributed by atoms with Gasteiger partial charge in [-0.2, -0.15) is 4.98 Å². The van der Waals surface area contributed by atoms with Crippen molar-refractivity contribution >= 4 is 0 Å². The number of benzene rings is 1. The molecule has 0 fully saturated rings. The van der Waals surface area contributed by atoms with E-state index in [9.17, 15) is 0 Å². The number of likely N-dealkylation sites (N-methyl/N-ethyl adjacent to an activating group) is 1. The van der Waals surface area contributed by atoms with Crippen molar-refractivity contribution in [1.29, 1.82) is 0 Å². The van der Waals surface area contributed by atoms with Crippen molar-refractivity contribution in [2.45, 2.75) is 32.7 Å². The number of nitrogens with one attached hydrogen (secondary N) is 1. The van der Waals surface area contributed by atoms with E-state index in [1.807, 2.05) is 7.05 Å². The zero-order chi connectivity index (χ0) is 15.2. The van der Waals surface area contributed by atoms with Crippen LogP contribution in [0.4, 0.5) is 0 Å². The summed E-state index contributed by atoms with van der Waals surface area (Å²) in [4.78, 5) is 4.46. The standard InChI is InChI=1S/C16H23N3O2/c1-11-5-12(2)7-13(6-11)8-15-18-16(21-19-15)9-14(17-3)10-20-4/h5-7,14,17H,8-10H2,1-4H3. The van der Waals surface area contributed by atoms with Crippen LogP contribution in [0, 0.1) is 13.8 Å². The molecule has 114 valence electrons. The maximum Gasteiger partial charge on any atom is 0.228 e. The van der Waals surface area contributed by atoms with Gasteiger partial charge in [-0.15, -0.1) is 0 Å². The summed E-state index contributed by atoms with van der Waals surface area (Å²) >= 11 is 0. The van der Waals surface area contributed by atoms with Crippen LogP contribution in [0.15, 0.2) is 22.7 Å². The Morgan fingerprint density at radius 2 is 1.95 bits per heavy atom. The molecule has 0 radical (unpaired) electrons. The zero-order valence-electron chi connectivity index (χ0n) is 13.1. The number of nitrogens with zero attached hydrogens (tertiary/aromatic N) is 2. The monoisotopic (exact) mass is 289 g/mol. The minimum absolute atomic E-state index is 0.185. The van der Waals surface area contributed by atoms with Crippen LogP contribution in [-0.2, 0) is 17.6 Å². The quantitative estimate of drug-likeness (QED) is 0.845. The Bertz CT molecular complexity index is 560. The maximum absolute atomic E-state index is 5.32. The second-order valence-electron chi connectivity index (χ2n) is 5.42. The molecule has 0 aliphatic heterocycles. The van der Waals surface area contributed by atoms with Gasteiger partial charge in [-0.3, -0.25) is 0 Å². The van der Waals surface area contributed by atoms with Gasteiger partial charge in [-0.05, 0) is 26.5 Å². The smallest absolute Gasteiger partial charge is 0.228 e. The third-order valence-corrected chi connectivity index (χ3v) is 3.35. The molecule has 2 rings (SSSR count). The Kier molecular flexibility index (Phi) is 5.47. The molecule has 0 bridgehead atoms. The van der Waals surface area contributed by atoms with Gasteiger partial charge in [0.1, 0.15) is 0 Å². The fraction of sp³-hybridized carbons (Fsp3) is 0.500. The van der Waals surface area contributed by atoms with Crippen LogP contribution in [0.3, 0.4) is 0 Å². The van der Waals surface area contributed by atoms with Crippen LogP contribution in [0.5, 0.6) is 0 Å². The van der Waals surface area contributed by atoms with Crippen molar-refractivity contribution in [3.05, 3.63) is 46.6 Å². The molecule has 1 N–H and O–H groups in total. The van der Waals surface area contributed by atoms with Crippen molar-refractivity contribution in [1.82, 2.24) is 15.5 Å². The highest BCUT2D eigenvalue weighted by atomic mass is 16.5. The second-order valence-corrected chi connectivity index (χ2v) is 5.42. The molecule has 0 spiro atoms. The van der Waals surface area contributed by atoms with E-state index in [0.29, 0.717) is 25.3 Å². The van der Waals surface area contributed by atoms with E-state index in [1.54, 1.807) is 7.11 Å². The predicted octanol–water partition coefficient (Wildman–Crippen LogP) is 2.05. The molecule has 0 saturated carbocycles. The fourth-order valence-corrected chi connectivity index (χ4v) is 2.45. The van der Waals surface area contributed by atoms with Crippen molar-refractivity contribution in [2.75, 3.05) is 20.8 Å². The fourth-order valence-electron chi connectivity index (χ4n) is 2.45. The van der Waals surface area contributed by atoms with Crippen molar-refractivity contribution in [2.24, 2.45) is 0 Å². The van der Waals surface area contributed by atoms with E-state index in [1.165, 1.54) is 16.7 Å². The van der Waals surface area contributed by atoms with E-state index < -0.39 is 0 Å². The summed E-state index contributed by atoms with van der Waals surface area (Å²) < 4.78 is 10.5. The number of rotatable bonds is 7. The Morgan fingerprint density at radius 1 is 1.24 bits per heavy atom. The predicted molar refractivity (Wildman–Crippen MR) is 81.4 cm³/mol. The van der Waals surface area contributed by atoms with Gasteiger partial charge in [0.05, 0.1) is 6.61 Å². The highest BCUT2D eigenvalue weighted by Crippen LogP contribution is 2.13. The number of ether oxygens (including phenoxy) is 1. The van der Waals surface area contributed by atoms with Gasteiger partial charge in [-0.25, -0.2) is 0 Å². The average molecular weight is 289 g/mol. The minimum atomic E-state index is 0.185. The lowest BCUT2D eigenvalue weighted by atomic mass is 10.1. The van der Waals surface area contributed by atoms with Gasteiger partial charge < -0.3 is 14.6 Å². The van der Waals surface area contributed by atoms with Crippen LogP contribution in [0.2, 0.25) is 0 Å². The topological polar surface area (TPSA) is 60.2 Å². The highest BCUT2D eigenvalue weighted by molar-refractivity contribution is 5.30. The Hall–Kier alpha value is -1.72. The zero-order valence-corrected chi connectivity index (χ0v) is 13.1. The van der Waals surface area contributed by atoms with Gasteiger partial charge in [0.2, 0.25) is 5.89 Å². The Balaban J connectivity index is 2.02. The molecule has 2 aromatic rings. The molecule has 0 amide bonds. The molecular weight excluding hydrogens is 266 g/mol. The van der Waals surface area contributed by atoms with Crippen LogP contribution in [0.1, 0.15) is 28.4 Å². The third-order valence-electron chi connectivity index (χ3n) is 3.35. The van der Waals surface area contributed by atoms with Crippen LogP contribution in [-0.4, -0.2) is 36.9 Å². The van der Waals surface area contributed by atoms with E-state index in [2.05, 4.69) is 47.5 Å². The average Bonchev–Trinajstić information content (AvgIpc) is 2.84. The number of methoxy groups -OCH3 is 1. The number of aryl methyl sites for hydroxylation is 2. The van der Waals surface area contributed by atoms with E-state index in [0.717, 1.165) is 5.82 Å². The minimum Gasteiger partial charge on any atom is -0.383 e. The summed E-state index contributed by atoms with van der Waals surface area (Å²) in [5.41, 5.74) is 3.72. The summed E-state index contributed by atoms with van der Waals surface area (Å²) in [5.74, 6) is 1.37. The number of hydrogen-bond acceptors (Lipinski definition) is 5. The molecule has 5 nitrogen and oxygen atoms in total. The molecule has 0 aliphatic carbocycles. The lowest BCUT2D eigenvalue weighted by molar-refractivity contribution is 0.165. The molecule has 1 aromatic heterocycles. The first-order valence-electron chi connectivity index (χ1n) is 7.15. The van der Waals surface area contributed by atoms with Gasteiger partial charge in [-0.1, -0.05) is 34.5 Å². The molecule has 21 heavy (non-hydrogen) atoms. The lowest BCUT2D eigenvalue weighted by Gasteiger charge is -2.11. The normalized spacial score (nSPS) is 12.6. The van der Waals surface area contributed by atoms with Gasteiger partial charge in [0, 0.05) is 26.0 Å². The largest absolute Gasteiger partial charge is 0.383 e. The van der Waals surface area contributed by atoms with Gasteiger partial charge in [0.15, 0.2) is 5.82 Å². The van der Waals surface area contributed by atoms with E-state index >= 15 is 0 Å². The van der Waals surface area contributed by atoms with Crippen molar-refractivity contribution < 1.29 is 9.26 Å². The summed E-state index contributed by atoms with van der Waals surface area (Å²) in [6.07, 6.45) is 1.37. The summed E-state index contributed by atoms with van der Waals surface area (Å²) in [7, 11) is 3.58. The van der Waals surface area contributed by atoms with Crippen LogP contribution < -0.4 is 5.32 Å². The highest BCUT2D eigenvalue weighted by Gasteiger charge is 2.13. The number of aromatic nitrogens is 2. The summed E-state index contributed by atoms with van der Waals surface area (Å²) in [5, 5.41) is 7.24. The van der Waals surface area contributed by atoms with E-state index in [-0.39, 0.29) is 6.04 Å². The van der Waals surface area contributed by atoms with Crippen LogP contribution in [0.25, 0.3) is 0 Å². The van der Waals surface area contributed by atoms with Gasteiger partial charge >= 0.3 is 0 Å².